The van der Waals surface area contributed by atoms with Crippen molar-refractivity contribution in [1.29, 1.82) is 0 Å². The number of rotatable bonds is 7. The molecule has 0 saturated carbocycles. The van der Waals surface area contributed by atoms with E-state index in [0.29, 0.717) is 23.3 Å². The number of sulfonamides is 1. The molecule has 0 amide bonds. The van der Waals surface area contributed by atoms with Crippen molar-refractivity contribution in [3.63, 3.8) is 0 Å². The fourth-order valence-electron chi connectivity index (χ4n) is 2.12. The predicted octanol–water partition coefficient (Wildman–Crippen LogP) is 2.76. The minimum absolute atomic E-state index is 0.204. The summed E-state index contributed by atoms with van der Waals surface area (Å²) in [4.78, 5) is 0.290. The third-order valence-corrected chi connectivity index (χ3v) is 5.00. The Kier molecular flexibility index (Phi) is 5.58. The molecular weight excluding hydrogens is 310 g/mol. The van der Waals surface area contributed by atoms with Gasteiger partial charge in [0.05, 0.1) is 16.9 Å². The summed E-state index contributed by atoms with van der Waals surface area (Å²) in [5.74, 6) is 0. The van der Waals surface area contributed by atoms with Crippen molar-refractivity contribution in [3.05, 3.63) is 42.5 Å². The number of halogens is 1. The molecule has 0 fully saturated rings. The van der Waals surface area contributed by atoms with E-state index in [1.807, 2.05) is 24.3 Å². The van der Waals surface area contributed by atoms with Gasteiger partial charge in [-0.15, -0.1) is 11.6 Å². The molecule has 0 spiro atoms. The smallest absolute Gasteiger partial charge is 0.241 e. The number of hydrogen-bond donors (Lipinski definition) is 1. The molecule has 2 aromatic rings. The second-order valence-electron chi connectivity index (χ2n) is 4.72. The maximum atomic E-state index is 12.4. The highest BCUT2D eigenvalue weighted by atomic mass is 35.5. The normalized spacial score (nSPS) is 13.4. The first-order valence-corrected chi connectivity index (χ1v) is 8.57. The Balaban J connectivity index is 2.15. The fourth-order valence-corrected chi connectivity index (χ4v) is 3.63. The number of methoxy groups -OCH3 is 1. The lowest BCUT2D eigenvalue weighted by atomic mass is 10.1. The predicted molar refractivity (Wildman–Crippen MR) is 85.3 cm³/mol. The van der Waals surface area contributed by atoms with Crippen molar-refractivity contribution in [2.45, 2.75) is 16.7 Å². The summed E-state index contributed by atoms with van der Waals surface area (Å²) in [7, 11) is -1.98. The standard InChI is InChI=1S/C15H18ClNO3S/c1-20-11-13(16)9-10-17-21(18,19)15-8-4-6-12-5-2-3-7-14(12)15/h2-8,13,17H,9-11H2,1H3. The van der Waals surface area contributed by atoms with Crippen LogP contribution in [0.5, 0.6) is 0 Å². The minimum Gasteiger partial charge on any atom is -0.383 e. The molecule has 0 aromatic heterocycles. The third-order valence-electron chi connectivity index (χ3n) is 3.14. The number of benzene rings is 2. The Morgan fingerprint density at radius 2 is 1.90 bits per heavy atom. The van der Waals surface area contributed by atoms with E-state index in [4.69, 9.17) is 16.3 Å². The SMILES string of the molecule is COCC(Cl)CCNS(=O)(=O)c1cccc2ccccc12. The molecule has 0 radical (unpaired) electrons. The second-order valence-corrected chi connectivity index (χ2v) is 7.07. The molecule has 1 unspecified atom stereocenters. The van der Waals surface area contributed by atoms with E-state index < -0.39 is 10.0 Å². The fraction of sp³-hybridized carbons (Fsp3) is 0.333. The quantitative estimate of drug-likeness (QED) is 0.796. The van der Waals surface area contributed by atoms with Crippen molar-refractivity contribution in [1.82, 2.24) is 4.72 Å². The third kappa shape index (κ3) is 4.17. The molecule has 6 heteroatoms. The summed E-state index contributed by atoms with van der Waals surface area (Å²) in [6.07, 6.45) is 0.513. The van der Waals surface area contributed by atoms with Crippen molar-refractivity contribution >= 4 is 32.4 Å². The van der Waals surface area contributed by atoms with Crippen LogP contribution in [-0.4, -0.2) is 34.1 Å². The molecule has 0 heterocycles. The molecule has 0 bridgehead atoms. The van der Waals surface area contributed by atoms with E-state index in [1.165, 1.54) is 0 Å². The molecule has 1 atom stereocenters. The molecule has 114 valence electrons. The van der Waals surface area contributed by atoms with Gasteiger partial charge in [-0.3, -0.25) is 0 Å². The largest absolute Gasteiger partial charge is 0.383 e. The number of nitrogens with one attached hydrogen (secondary N) is 1. The molecule has 0 aliphatic heterocycles. The van der Waals surface area contributed by atoms with Crippen LogP contribution in [-0.2, 0) is 14.8 Å². The number of ether oxygens (including phenoxy) is 1. The van der Waals surface area contributed by atoms with Crippen LogP contribution >= 0.6 is 11.6 Å². The van der Waals surface area contributed by atoms with E-state index in [9.17, 15) is 8.42 Å². The van der Waals surface area contributed by atoms with Gasteiger partial charge in [-0.1, -0.05) is 36.4 Å². The van der Waals surface area contributed by atoms with Gasteiger partial charge in [0.2, 0.25) is 10.0 Å². The van der Waals surface area contributed by atoms with Crippen LogP contribution < -0.4 is 4.72 Å². The molecule has 2 rings (SSSR count). The Morgan fingerprint density at radius 3 is 2.67 bits per heavy atom. The van der Waals surface area contributed by atoms with Crippen molar-refractivity contribution in [3.8, 4) is 0 Å². The van der Waals surface area contributed by atoms with Crippen LogP contribution in [0.4, 0.5) is 0 Å². The highest BCUT2D eigenvalue weighted by Gasteiger charge is 2.17. The van der Waals surface area contributed by atoms with Gasteiger partial charge in [-0.05, 0) is 17.9 Å². The zero-order valence-electron chi connectivity index (χ0n) is 11.8. The van der Waals surface area contributed by atoms with Crippen LogP contribution in [0.25, 0.3) is 10.8 Å². The van der Waals surface area contributed by atoms with Crippen LogP contribution in [0.3, 0.4) is 0 Å². The second kappa shape index (κ2) is 7.22. The Morgan fingerprint density at radius 1 is 1.19 bits per heavy atom. The van der Waals surface area contributed by atoms with Gasteiger partial charge in [0.25, 0.3) is 0 Å². The Labute approximate surface area is 130 Å². The first-order chi connectivity index (χ1) is 10.0. The van der Waals surface area contributed by atoms with Crippen molar-refractivity contribution in [2.24, 2.45) is 0 Å². The van der Waals surface area contributed by atoms with E-state index in [2.05, 4.69) is 4.72 Å². The lowest BCUT2D eigenvalue weighted by Gasteiger charge is -2.11. The van der Waals surface area contributed by atoms with E-state index in [0.717, 1.165) is 5.39 Å². The summed E-state index contributed by atoms with van der Waals surface area (Å²) in [5.41, 5.74) is 0. The summed E-state index contributed by atoms with van der Waals surface area (Å²) in [6, 6.07) is 12.6. The van der Waals surface area contributed by atoms with Crippen LogP contribution in [0.15, 0.2) is 47.4 Å². The zero-order valence-corrected chi connectivity index (χ0v) is 13.3. The maximum absolute atomic E-state index is 12.4. The van der Waals surface area contributed by atoms with Gasteiger partial charge in [-0.2, -0.15) is 0 Å². The molecule has 1 N–H and O–H groups in total. The van der Waals surface area contributed by atoms with Crippen molar-refractivity contribution < 1.29 is 13.2 Å². The topological polar surface area (TPSA) is 55.4 Å². The molecule has 4 nitrogen and oxygen atoms in total. The molecule has 0 saturated heterocycles. The van der Waals surface area contributed by atoms with E-state index in [1.54, 1.807) is 25.3 Å². The first kappa shape index (κ1) is 16.2. The minimum atomic E-state index is -3.55. The van der Waals surface area contributed by atoms with Crippen LogP contribution in [0.2, 0.25) is 0 Å². The van der Waals surface area contributed by atoms with E-state index >= 15 is 0 Å². The average Bonchev–Trinajstić information content (AvgIpc) is 2.46. The lowest BCUT2D eigenvalue weighted by Crippen LogP contribution is -2.27. The summed E-state index contributed by atoms with van der Waals surface area (Å²) >= 11 is 5.99. The van der Waals surface area contributed by atoms with Gasteiger partial charge in [0, 0.05) is 19.0 Å². The lowest BCUT2D eigenvalue weighted by molar-refractivity contribution is 0.196. The van der Waals surface area contributed by atoms with Gasteiger partial charge >= 0.3 is 0 Å². The first-order valence-electron chi connectivity index (χ1n) is 6.65. The average molecular weight is 328 g/mol. The molecule has 21 heavy (non-hydrogen) atoms. The summed E-state index contributed by atoms with van der Waals surface area (Å²) < 4.78 is 32.3. The zero-order chi connectivity index (χ0) is 15.3. The maximum Gasteiger partial charge on any atom is 0.241 e. The Hall–Kier alpha value is -1.14. The molecule has 0 aliphatic rings. The molecular formula is C15H18ClNO3S. The Bertz CT molecular complexity index is 698. The number of fused-ring (bicyclic) bond motifs is 1. The van der Waals surface area contributed by atoms with Crippen molar-refractivity contribution in [2.75, 3.05) is 20.3 Å². The van der Waals surface area contributed by atoms with Gasteiger partial charge in [0.1, 0.15) is 0 Å². The summed E-state index contributed by atoms with van der Waals surface area (Å²) in [5, 5.41) is 1.41. The highest BCUT2D eigenvalue weighted by molar-refractivity contribution is 7.89. The summed E-state index contributed by atoms with van der Waals surface area (Å²) in [6.45, 7) is 0.681. The monoisotopic (exact) mass is 327 g/mol. The number of alkyl halides is 1. The van der Waals surface area contributed by atoms with Crippen LogP contribution in [0.1, 0.15) is 6.42 Å². The van der Waals surface area contributed by atoms with Gasteiger partial charge < -0.3 is 4.74 Å². The molecule has 0 aliphatic carbocycles. The van der Waals surface area contributed by atoms with Gasteiger partial charge in [0.15, 0.2) is 0 Å². The highest BCUT2D eigenvalue weighted by Crippen LogP contribution is 2.22. The van der Waals surface area contributed by atoms with Crippen LogP contribution in [0, 0.1) is 0 Å². The number of hydrogen-bond acceptors (Lipinski definition) is 3. The molecule has 2 aromatic carbocycles. The van der Waals surface area contributed by atoms with E-state index in [-0.39, 0.29) is 11.9 Å². The van der Waals surface area contributed by atoms with Gasteiger partial charge in [-0.25, -0.2) is 13.1 Å².